The molecule has 0 unspecified atom stereocenters. The molecular formula is C8H10N2. The Morgan fingerprint density at radius 2 is 2.30 bits per heavy atom. The first kappa shape index (κ1) is 6.88. The first-order valence-electron chi connectivity index (χ1n) is 3.17. The zero-order valence-electron chi connectivity index (χ0n) is 6.47. The molecule has 1 aromatic rings. The average molecular weight is 134 g/mol. The lowest BCUT2D eigenvalue weighted by molar-refractivity contribution is 0.763. The topological polar surface area (TPSA) is 17.8 Å². The zero-order chi connectivity index (χ0) is 7.56. The normalized spacial score (nSPS) is 8.70. The van der Waals surface area contributed by atoms with Crippen molar-refractivity contribution in [3.05, 3.63) is 17.5 Å². The van der Waals surface area contributed by atoms with Gasteiger partial charge in [-0.05, 0) is 19.8 Å². The number of nitrogens with zero attached hydrogens (tertiary/aromatic N) is 2. The Bertz CT molecular complexity index is 286. The highest BCUT2D eigenvalue weighted by molar-refractivity contribution is 5.32. The maximum Gasteiger partial charge on any atom is 0.138 e. The van der Waals surface area contributed by atoms with Gasteiger partial charge in [0.2, 0.25) is 0 Å². The Kier molecular flexibility index (Phi) is 1.77. The summed E-state index contributed by atoms with van der Waals surface area (Å²) in [6, 6.07) is 0. The summed E-state index contributed by atoms with van der Waals surface area (Å²) in [5.74, 6) is 5.73. The second-order valence-corrected chi connectivity index (χ2v) is 2.21. The zero-order valence-corrected chi connectivity index (χ0v) is 6.47. The van der Waals surface area contributed by atoms with Crippen molar-refractivity contribution in [2.24, 2.45) is 7.05 Å². The van der Waals surface area contributed by atoms with Crippen LogP contribution < -0.4 is 0 Å². The number of hydrogen-bond donors (Lipinski definition) is 0. The highest BCUT2D eigenvalue weighted by Gasteiger charge is 1.96. The van der Waals surface area contributed by atoms with Gasteiger partial charge in [-0.3, -0.25) is 4.68 Å². The summed E-state index contributed by atoms with van der Waals surface area (Å²) < 4.78 is 1.77. The van der Waals surface area contributed by atoms with E-state index in [0.29, 0.717) is 0 Å². The van der Waals surface area contributed by atoms with Crippen LogP contribution in [0.5, 0.6) is 0 Å². The second-order valence-electron chi connectivity index (χ2n) is 2.21. The highest BCUT2D eigenvalue weighted by atomic mass is 15.2. The van der Waals surface area contributed by atoms with E-state index in [9.17, 15) is 0 Å². The van der Waals surface area contributed by atoms with E-state index in [1.54, 1.807) is 4.68 Å². The number of aromatic nitrogens is 2. The summed E-state index contributed by atoms with van der Waals surface area (Å²) in [6.07, 6.45) is 1.96. The summed E-state index contributed by atoms with van der Waals surface area (Å²) >= 11 is 0. The van der Waals surface area contributed by atoms with E-state index in [1.165, 1.54) is 0 Å². The predicted octanol–water partition coefficient (Wildman–Crippen LogP) is 1.10. The molecule has 52 valence electrons. The molecule has 2 heteroatoms. The Balaban J connectivity index is 3.11. The molecule has 0 fully saturated rings. The second kappa shape index (κ2) is 2.57. The Hall–Kier alpha value is -1.23. The van der Waals surface area contributed by atoms with Crippen LogP contribution in [-0.2, 0) is 7.05 Å². The third-order valence-electron chi connectivity index (χ3n) is 1.26. The van der Waals surface area contributed by atoms with Gasteiger partial charge in [0.05, 0.1) is 0 Å². The molecule has 10 heavy (non-hydrogen) atoms. The fourth-order valence-corrected chi connectivity index (χ4v) is 0.849. The number of aryl methyl sites for hydroxylation is 2. The molecule has 1 rings (SSSR count). The lowest BCUT2D eigenvalue weighted by Gasteiger charge is -1.80. The lowest BCUT2D eigenvalue weighted by atomic mass is 10.3. The highest BCUT2D eigenvalue weighted by Crippen LogP contribution is 2.00. The molecule has 0 aromatic carbocycles. The third-order valence-corrected chi connectivity index (χ3v) is 1.26. The fraction of sp³-hybridized carbons (Fsp3) is 0.375. The van der Waals surface area contributed by atoms with Gasteiger partial charge in [0.15, 0.2) is 0 Å². The van der Waals surface area contributed by atoms with E-state index in [2.05, 4.69) is 16.9 Å². The van der Waals surface area contributed by atoms with Crippen molar-refractivity contribution >= 4 is 0 Å². The quantitative estimate of drug-likeness (QED) is 0.486. The maximum atomic E-state index is 4.14. The van der Waals surface area contributed by atoms with Crippen LogP contribution in [0, 0.1) is 18.8 Å². The summed E-state index contributed by atoms with van der Waals surface area (Å²) in [6.45, 7) is 3.82. The lowest BCUT2D eigenvalue weighted by Crippen LogP contribution is -1.86. The monoisotopic (exact) mass is 134 g/mol. The summed E-state index contributed by atoms with van der Waals surface area (Å²) in [5, 5.41) is 4.14. The molecule has 2 nitrogen and oxygen atoms in total. The molecule has 1 heterocycles. The molecule has 0 amide bonds. The van der Waals surface area contributed by atoms with Crippen molar-refractivity contribution < 1.29 is 0 Å². The van der Waals surface area contributed by atoms with Crippen LogP contribution in [0.4, 0.5) is 0 Å². The third kappa shape index (κ3) is 1.19. The average Bonchev–Trinajstić information content (AvgIpc) is 2.13. The SMILES string of the molecule is CC#Cc1nn(C)cc1C. The summed E-state index contributed by atoms with van der Waals surface area (Å²) in [4.78, 5) is 0. The van der Waals surface area contributed by atoms with E-state index < -0.39 is 0 Å². The molecule has 0 saturated heterocycles. The predicted molar refractivity (Wildman–Crippen MR) is 40.5 cm³/mol. The summed E-state index contributed by atoms with van der Waals surface area (Å²) in [5.41, 5.74) is 2.02. The van der Waals surface area contributed by atoms with Crippen molar-refractivity contribution in [1.82, 2.24) is 9.78 Å². The van der Waals surface area contributed by atoms with Crippen molar-refractivity contribution in [3.8, 4) is 11.8 Å². The van der Waals surface area contributed by atoms with E-state index in [-0.39, 0.29) is 0 Å². The molecule has 0 saturated carbocycles. The molecule has 0 atom stereocenters. The molecule has 0 bridgehead atoms. The van der Waals surface area contributed by atoms with Crippen LogP contribution >= 0.6 is 0 Å². The molecule has 0 radical (unpaired) electrons. The van der Waals surface area contributed by atoms with Gasteiger partial charge in [0.25, 0.3) is 0 Å². The fourth-order valence-electron chi connectivity index (χ4n) is 0.849. The largest absolute Gasteiger partial charge is 0.274 e. The van der Waals surface area contributed by atoms with E-state index in [0.717, 1.165) is 11.3 Å². The van der Waals surface area contributed by atoms with Gasteiger partial charge in [-0.2, -0.15) is 5.10 Å². The van der Waals surface area contributed by atoms with Gasteiger partial charge in [0.1, 0.15) is 5.69 Å². The van der Waals surface area contributed by atoms with Crippen LogP contribution in [0.15, 0.2) is 6.20 Å². The first-order chi connectivity index (χ1) is 4.74. The Morgan fingerprint density at radius 1 is 1.60 bits per heavy atom. The van der Waals surface area contributed by atoms with Crippen LogP contribution in [-0.4, -0.2) is 9.78 Å². The van der Waals surface area contributed by atoms with Gasteiger partial charge in [0, 0.05) is 18.8 Å². The van der Waals surface area contributed by atoms with Crippen LogP contribution in [0.25, 0.3) is 0 Å². The first-order valence-corrected chi connectivity index (χ1v) is 3.17. The van der Waals surface area contributed by atoms with Crippen molar-refractivity contribution in [2.45, 2.75) is 13.8 Å². The molecular weight excluding hydrogens is 124 g/mol. The molecule has 0 aliphatic carbocycles. The standard InChI is InChI=1S/C8H10N2/c1-4-5-8-7(2)6-10(3)9-8/h6H,1-3H3. The van der Waals surface area contributed by atoms with Gasteiger partial charge in [-0.25, -0.2) is 0 Å². The number of hydrogen-bond acceptors (Lipinski definition) is 1. The van der Waals surface area contributed by atoms with Crippen molar-refractivity contribution in [2.75, 3.05) is 0 Å². The molecule has 0 spiro atoms. The van der Waals surface area contributed by atoms with E-state index >= 15 is 0 Å². The smallest absolute Gasteiger partial charge is 0.138 e. The van der Waals surface area contributed by atoms with Crippen molar-refractivity contribution in [1.29, 1.82) is 0 Å². The van der Waals surface area contributed by atoms with E-state index in [1.807, 2.05) is 27.1 Å². The van der Waals surface area contributed by atoms with Gasteiger partial charge < -0.3 is 0 Å². The minimum Gasteiger partial charge on any atom is -0.274 e. The Morgan fingerprint density at radius 3 is 2.70 bits per heavy atom. The van der Waals surface area contributed by atoms with Gasteiger partial charge in [-0.1, -0.05) is 5.92 Å². The minimum atomic E-state index is 0.880. The van der Waals surface area contributed by atoms with E-state index in [4.69, 9.17) is 0 Å². The summed E-state index contributed by atoms with van der Waals surface area (Å²) in [7, 11) is 1.90. The van der Waals surface area contributed by atoms with Crippen LogP contribution in [0.3, 0.4) is 0 Å². The molecule has 0 N–H and O–H groups in total. The number of rotatable bonds is 0. The minimum absolute atomic E-state index is 0.880. The van der Waals surface area contributed by atoms with Gasteiger partial charge >= 0.3 is 0 Å². The van der Waals surface area contributed by atoms with Gasteiger partial charge in [-0.15, -0.1) is 0 Å². The maximum absolute atomic E-state index is 4.14. The Labute approximate surface area is 60.9 Å². The molecule has 0 aliphatic rings. The van der Waals surface area contributed by atoms with Crippen LogP contribution in [0.2, 0.25) is 0 Å². The molecule has 1 aromatic heterocycles. The van der Waals surface area contributed by atoms with Crippen LogP contribution in [0.1, 0.15) is 18.2 Å². The van der Waals surface area contributed by atoms with Crippen molar-refractivity contribution in [3.63, 3.8) is 0 Å². The molecule has 0 aliphatic heterocycles.